The summed E-state index contributed by atoms with van der Waals surface area (Å²) in [5.74, 6) is 1.37. The molecule has 2 rings (SSSR count). The Labute approximate surface area is 71.3 Å². The fourth-order valence-corrected chi connectivity index (χ4v) is 1.17. The minimum Gasteiger partial charge on any atom is -0.485 e. The van der Waals surface area contributed by atoms with Gasteiger partial charge in [0, 0.05) is 12.6 Å². The summed E-state index contributed by atoms with van der Waals surface area (Å²) in [4.78, 5) is 4.07. The van der Waals surface area contributed by atoms with Gasteiger partial charge in [-0.15, -0.1) is 0 Å². The van der Waals surface area contributed by atoms with Crippen LogP contribution in [0.1, 0.15) is 13.3 Å². The highest BCUT2D eigenvalue weighted by atomic mass is 16.5. The van der Waals surface area contributed by atoms with Crippen molar-refractivity contribution in [1.29, 1.82) is 0 Å². The molecule has 1 aliphatic rings. The maximum Gasteiger partial charge on any atom is 0.256 e. The first-order chi connectivity index (χ1) is 5.86. The van der Waals surface area contributed by atoms with Crippen molar-refractivity contribution in [2.45, 2.75) is 19.4 Å². The molecule has 0 saturated heterocycles. The molecule has 0 N–H and O–H groups in total. The molecule has 0 amide bonds. The first-order valence-corrected chi connectivity index (χ1v) is 4.11. The predicted molar refractivity (Wildman–Crippen MR) is 44.4 cm³/mol. The van der Waals surface area contributed by atoms with E-state index in [4.69, 9.17) is 9.47 Å². The molecule has 1 atom stereocenters. The lowest BCUT2D eigenvalue weighted by Gasteiger charge is -2.08. The van der Waals surface area contributed by atoms with E-state index in [-0.39, 0.29) is 6.10 Å². The van der Waals surface area contributed by atoms with E-state index in [2.05, 4.69) is 4.98 Å². The molecule has 1 aromatic heterocycles. The number of rotatable bonds is 0. The van der Waals surface area contributed by atoms with E-state index in [1.165, 1.54) is 0 Å². The van der Waals surface area contributed by atoms with Crippen LogP contribution < -0.4 is 9.47 Å². The second-order valence-corrected chi connectivity index (χ2v) is 2.87. The third-order valence-corrected chi connectivity index (χ3v) is 1.83. The molecule has 12 heavy (non-hydrogen) atoms. The Balaban J connectivity index is 2.31. The van der Waals surface area contributed by atoms with Crippen molar-refractivity contribution < 1.29 is 9.47 Å². The van der Waals surface area contributed by atoms with Crippen molar-refractivity contribution in [3.63, 3.8) is 0 Å². The Bertz CT molecular complexity index is 275. The van der Waals surface area contributed by atoms with Gasteiger partial charge in [-0.25, -0.2) is 4.98 Å². The summed E-state index contributed by atoms with van der Waals surface area (Å²) in [7, 11) is 0. The highest BCUT2D eigenvalue weighted by Gasteiger charge is 2.14. The normalized spacial score (nSPS) is 21.6. The van der Waals surface area contributed by atoms with Gasteiger partial charge in [0.1, 0.15) is 0 Å². The number of hydrogen-bond acceptors (Lipinski definition) is 3. The van der Waals surface area contributed by atoms with E-state index in [1.807, 2.05) is 19.1 Å². The van der Waals surface area contributed by atoms with Gasteiger partial charge in [0.05, 0.1) is 12.7 Å². The number of nitrogens with zero attached hydrogens (tertiary/aromatic N) is 1. The molecule has 0 aliphatic carbocycles. The fraction of sp³-hybridized carbons (Fsp3) is 0.444. The second-order valence-electron chi connectivity index (χ2n) is 2.87. The Morgan fingerprint density at radius 1 is 1.58 bits per heavy atom. The molecule has 1 aromatic rings. The lowest BCUT2D eigenvalue weighted by Crippen LogP contribution is -2.11. The first-order valence-electron chi connectivity index (χ1n) is 4.11. The van der Waals surface area contributed by atoms with Crippen molar-refractivity contribution >= 4 is 0 Å². The minimum atomic E-state index is 0.218. The summed E-state index contributed by atoms with van der Waals surface area (Å²) >= 11 is 0. The lowest BCUT2D eigenvalue weighted by molar-refractivity contribution is 0.210. The predicted octanol–water partition coefficient (Wildman–Crippen LogP) is 1.63. The Hall–Kier alpha value is -1.25. The van der Waals surface area contributed by atoms with Crippen molar-refractivity contribution in [3.05, 3.63) is 18.3 Å². The third-order valence-electron chi connectivity index (χ3n) is 1.83. The van der Waals surface area contributed by atoms with E-state index in [0.29, 0.717) is 12.5 Å². The summed E-state index contributed by atoms with van der Waals surface area (Å²) in [6, 6.07) is 3.73. The highest BCUT2D eigenvalue weighted by molar-refractivity contribution is 5.33. The van der Waals surface area contributed by atoms with Crippen LogP contribution in [-0.2, 0) is 0 Å². The van der Waals surface area contributed by atoms with Crippen molar-refractivity contribution in [2.24, 2.45) is 0 Å². The lowest BCUT2D eigenvalue weighted by atomic mass is 10.3. The molecule has 64 valence electrons. The van der Waals surface area contributed by atoms with Gasteiger partial charge >= 0.3 is 0 Å². The number of aromatic nitrogens is 1. The second kappa shape index (κ2) is 3.01. The van der Waals surface area contributed by atoms with Gasteiger partial charge in [-0.1, -0.05) is 0 Å². The van der Waals surface area contributed by atoms with Crippen LogP contribution in [0.4, 0.5) is 0 Å². The zero-order valence-corrected chi connectivity index (χ0v) is 6.99. The highest BCUT2D eigenvalue weighted by Crippen LogP contribution is 2.27. The summed E-state index contributed by atoms with van der Waals surface area (Å²) in [5.41, 5.74) is 0. The zero-order chi connectivity index (χ0) is 8.39. The van der Waals surface area contributed by atoms with E-state index in [0.717, 1.165) is 12.2 Å². The Morgan fingerprint density at radius 2 is 2.50 bits per heavy atom. The van der Waals surface area contributed by atoms with Gasteiger partial charge in [-0.2, -0.15) is 0 Å². The van der Waals surface area contributed by atoms with Crippen LogP contribution in [0.25, 0.3) is 0 Å². The van der Waals surface area contributed by atoms with Crippen LogP contribution in [-0.4, -0.2) is 17.7 Å². The molecule has 3 heteroatoms. The molecule has 0 saturated carbocycles. The zero-order valence-electron chi connectivity index (χ0n) is 6.99. The quantitative estimate of drug-likeness (QED) is 0.585. The van der Waals surface area contributed by atoms with E-state index < -0.39 is 0 Å². The average Bonchev–Trinajstić information content (AvgIpc) is 2.25. The minimum absolute atomic E-state index is 0.218. The summed E-state index contributed by atoms with van der Waals surface area (Å²) < 4.78 is 11.0. The number of fused-ring (bicyclic) bond motifs is 1. The van der Waals surface area contributed by atoms with Gasteiger partial charge in [-0.05, 0) is 19.1 Å². The molecule has 1 aliphatic heterocycles. The fourth-order valence-electron chi connectivity index (χ4n) is 1.17. The Morgan fingerprint density at radius 3 is 3.42 bits per heavy atom. The molecular formula is C9H11NO2. The number of pyridine rings is 1. The van der Waals surface area contributed by atoms with Crippen LogP contribution in [0.3, 0.4) is 0 Å². The maximum absolute atomic E-state index is 5.57. The van der Waals surface area contributed by atoms with Crippen LogP contribution in [0.2, 0.25) is 0 Å². The summed E-state index contributed by atoms with van der Waals surface area (Å²) in [6.07, 6.45) is 2.84. The summed E-state index contributed by atoms with van der Waals surface area (Å²) in [5, 5.41) is 0. The number of hydrogen-bond donors (Lipinski definition) is 0. The molecule has 0 aromatic carbocycles. The average molecular weight is 165 g/mol. The van der Waals surface area contributed by atoms with Crippen LogP contribution in [0, 0.1) is 0 Å². The molecule has 2 heterocycles. The third kappa shape index (κ3) is 1.35. The van der Waals surface area contributed by atoms with Gasteiger partial charge in [0.25, 0.3) is 5.88 Å². The van der Waals surface area contributed by atoms with Crippen LogP contribution in [0.15, 0.2) is 18.3 Å². The van der Waals surface area contributed by atoms with Gasteiger partial charge in [0.2, 0.25) is 0 Å². The number of ether oxygens (including phenoxy) is 2. The monoisotopic (exact) mass is 165 g/mol. The Kier molecular flexibility index (Phi) is 1.86. The topological polar surface area (TPSA) is 31.4 Å². The van der Waals surface area contributed by atoms with Crippen LogP contribution in [0.5, 0.6) is 11.6 Å². The van der Waals surface area contributed by atoms with Gasteiger partial charge in [0.15, 0.2) is 5.75 Å². The van der Waals surface area contributed by atoms with Crippen molar-refractivity contribution in [1.82, 2.24) is 4.98 Å². The molecule has 0 radical (unpaired) electrons. The first kappa shape index (κ1) is 7.40. The maximum atomic E-state index is 5.57. The van der Waals surface area contributed by atoms with Gasteiger partial charge < -0.3 is 9.47 Å². The SMILES string of the molecule is C[C@@H]1CCOc2ncccc2O1. The largest absolute Gasteiger partial charge is 0.485 e. The van der Waals surface area contributed by atoms with E-state index >= 15 is 0 Å². The molecule has 0 bridgehead atoms. The van der Waals surface area contributed by atoms with Crippen LogP contribution >= 0.6 is 0 Å². The smallest absolute Gasteiger partial charge is 0.256 e. The molecule has 3 nitrogen and oxygen atoms in total. The summed E-state index contributed by atoms with van der Waals surface area (Å²) in [6.45, 7) is 2.72. The standard InChI is InChI=1S/C9H11NO2/c1-7-4-6-11-9-8(12-7)3-2-5-10-9/h2-3,5,7H,4,6H2,1H3/t7-/m1/s1. The molecule has 0 unspecified atom stereocenters. The molecule has 0 fully saturated rings. The molecular weight excluding hydrogens is 154 g/mol. The van der Waals surface area contributed by atoms with Crippen molar-refractivity contribution in [2.75, 3.05) is 6.61 Å². The van der Waals surface area contributed by atoms with Crippen molar-refractivity contribution in [3.8, 4) is 11.6 Å². The molecule has 0 spiro atoms. The van der Waals surface area contributed by atoms with Gasteiger partial charge in [-0.3, -0.25) is 0 Å². The van der Waals surface area contributed by atoms with E-state index in [1.54, 1.807) is 6.20 Å². The van der Waals surface area contributed by atoms with E-state index in [9.17, 15) is 0 Å².